The van der Waals surface area contributed by atoms with Crippen molar-refractivity contribution in [1.29, 1.82) is 0 Å². The fraction of sp³-hybridized carbons (Fsp3) is 0.458. The quantitative estimate of drug-likeness (QED) is 0.630. The molecule has 170 valence electrons. The van der Waals surface area contributed by atoms with E-state index in [1.54, 1.807) is 6.92 Å². The minimum Gasteiger partial charge on any atom is -0.463 e. The molecule has 0 aromatic heterocycles. The fourth-order valence-corrected chi connectivity index (χ4v) is 5.22. The number of hydrogen-bond donors (Lipinski definition) is 1. The van der Waals surface area contributed by atoms with Crippen LogP contribution in [0.25, 0.3) is 0 Å². The van der Waals surface area contributed by atoms with Crippen LogP contribution in [-0.2, 0) is 19.1 Å². The Balaban J connectivity index is 1.60. The van der Waals surface area contributed by atoms with Crippen LogP contribution in [0.1, 0.15) is 50.3 Å². The summed E-state index contributed by atoms with van der Waals surface area (Å²) in [5.41, 5.74) is 4.03. The van der Waals surface area contributed by atoms with Gasteiger partial charge in [0.1, 0.15) is 0 Å². The number of esters is 1. The lowest BCUT2D eigenvalue weighted by Gasteiger charge is -2.36. The third-order valence-corrected chi connectivity index (χ3v) is 6.64. The summed E-state index contributed by atoms with van der Waals surface area (Å²) in [5, 5.41) is 5.71. The van der Waals surface area contributed by atoms with Crippen LogP contribution in [0.2, 0.25) is 0 Å². The molecule has 0 bridgehead atoms. The van der Waals surface area contributed by atoms with Gasteiger partial charge < -0.3 is 19.7 Å². The summed E-state index contributed by atoms with van der Waals surface area (Å²) in [6.45, 7) is 7.23. The highest BCUT2D eigenvalue weighted by atomic mass is 32.2. The minimum absolute atomic E-state index is 0.0689. The first kappa shape index (κ1) is 22.6. The maximum atomic E-state index is 12.9. The van der Waals surface area contributed by atoms with Gasteiger partial charge in [-0.1, -0.05) is 41.6 Å². The van der Waals surface area contributed by atoms with E-state index >= 15 is 0 Å². The molecule has 1 fully saturated rings. The molecule has 0 aliphatic carbocycles. The van der Waals surface area contributed by atoms with Crippen molar-refractivity contribution < 1.29 is 19.1 Å². The molecule has 1 amide bonds. The Hall–Kier alpha value is -2.58. The molecule has 1 N–H and O–H groups in total. The van der Waals surface area contributed by atoms with Gasteiger partial charge in [-0.25, -0.2) is 9.79 Å². The first-order valence-corrected chi connectivity index (χ1v) is 11.9. The Morgan fingerprint density at radius 2 is 2.19 bits per heavy atom. The first-order chi connectivity index (χ1) is 15.5. The molecule has 3 aliphatic rings. The molecule has 0 saturated carbocycles. The predicted octanol–water partition coefficient (Wildman–Crippen LogP) is 3.82. The van der Waals surface area contributed by atoms with Crippen LogP contribution < -0.4 is 5.32 Å². The molecule has 3 aliphatic heterocycles. The molecule has 1 aromatic rings. The maximum Gasteiger partial charge on any atom is 0.338 e. The van der Waals surface area contributed by atoms with E-state index in [2.05, 4.69) is 16.4 Å². The molecule has 8 heteroatoms. The second-order valence-corrected chi connectivity index (χ2v) is 8.98. The molecule has 2 unspecified atom stereocenters. The van der Waals surface area contributed by atoms with Gasteiger partial charge in [-0.05, 0) is 44.6 Å². The number of amidine groups is 1. The van der Waals surface area contributed by atoms with E-state index in [1.165, 1.54) is 11.8 Å². The van der Waals surface area contributed by atoms with Crippen LogP contribution in [0.3, 0.4) is 0 Å². The first-order valence-electron chi connectivity index (χ1n) is 11.0. The number of nitrogens with zero attached hydrogens (tertiary/aromatic N) is 2. The van der Waals surface area contributed by atoms with Gasteiger partial charge in [-0.3, -0.25) is 4.79 Å². The second-order valence-electron chi connectivity index (χ2n) is 8.14. The summed E-state index contributed by atoms with van der Waals surface area (Å²) in [4.78, 5) is 32.4. The lowest BCUT2D eigenvalue weighted by molar-refractivity contribution is -0.139. The Morgan fingerprint density at radius 3 is 2.91 bits per heavy atom. The summed E-state index contributed by atoms with van der Waals surface area (Å²) in [6, 6.07) is 7.68. The zero-order valence-electron chi connectivity index (χ0n) is 18.7. The van der Waals surface area contributed by atoms with Gasteiger partial charge in [0.05, 0.1) is 36.4 Å². The largest absolute Gasteiger partial charge is 0.463 e. The molecule has 0 spiro atoms. The molecule has 1 aromatic carbocycles. The zero-order chi connectivity index (χ0) is 22.7. The number of hydrogen-bond acceptors (Lipinski definition) is 7. The minimum atomic E-state index is -0.395. The summed E-state index contributed by atoms with van der Waals surface area (Å²) >= 11 is 1.48. The van der Waals surface area contributed by atoms with Crippen molar-refractivity contribution in [1.82, 2.24) is 10.2 Å². The van der Waals surface area contributed by atoms with Crippen LogP contribution in [0.4, 0.5) is 0 Å². The van der Waals surface area contributed by atoms with Crippen molar-refractivity contribution in [3.8, 4) is 0 Å². The van der Waals surface area contributed by atoms with Gasteiger partial charge in [0.15, 0.2) is 5.17 Å². The van der Waals surface area contributed by atoms with E-state index in [0.29, 0.717) is 17.8 Å². The van der Waals surface area contributed by atoms with Crippen LogP contribution in [-0.4, -0.2) is 47.8 Å². The Bertz CT molecular complexity index is 995. The summed E-state index contributed by atoms with van der Waals surface area (Å²) in [5.74, 6) is -0.445. The Morgan fingerprint density at radius 1 is 1.34 bits per heavy atom. The SMILES string of the molecule is CCOC(=O)C1=C(C)N=C2SC=C(CC(=O)NCC3CCCO3)N2C1c1cccc(C)c1. The van der Waals surface area contributed by atoms with E-state index in [-0.39, 0.29) is 31.0 Å². The molecule has 2 atom stereocenters. The van der Waals surface area contributed by atoms with Gasteiger partial charge in [0.25, 0.3) is 0 Å². The number of carbonyl (C=O) groups excluding carboxylic acids is 2. The molecule has 32 heavy (non-hydrogen) atoms. The Labute approximate surface area is 192 Å². The number of fused-ring (bicyclic) bond motifs is 1. The van der Waals surface area contributed by atoms with Gasteiger partial charge in [-0.2, -0.15) is 0 Å². The van der Waals surface area contributed by atoms with Crippen LogP contribution in [0, 0.1) is 6.92 Å². The monoisotopic (exact) mass is 455 g/mol. The number of rotatable bonds is 7. The van der Waals surface area contributed by atoms with Gasteiger partial charge in [0.2, 0.25) is 5.91 Å². The van der Waals surface area contributed by atoms with Crippen molar-refractivity contribution in [3.05, 3.63) is 57.8 Å². The number of benzene rings is 1. The molecule has 3 heterocycles. The number of aryl methyl sites for hydroxylation is 1. The zero-order valence-corrected chi connectivity index (χ0v) is 19.5. The third kappa shape index (κ3) is 4.76. The summed E-state index contributed by atoms with van der Waals surface area (Å²) in [6.07, 6.45) is 2.32. The van der Waals surface area contributed by atoms with Crippen molar-refractivity contribution in [3.63, 3.8) is 0 Å². The Kier molecular flexibility index (Phi) is 7.01. The van der Waals surface area contributed by atoms with E-state index in [1.807, 2.05) is 42.4 Å². The molecule has 0 radical (unpaired) electrons. The summed E-state index contributed by atoms with van der Waals surface area (Å²) < 4.78 is 11.0. The van der Waals surface area contributed by atoms with E-state index in [9.17, 15) is 9.59 Å². The maximum absolute atomic E-state index is 12.9. The number of amides is 1. The third-order valence-electron chi connectivity index (χ3n) is 5.75. The summed E-state index contributed by atoms with van der Waals surface area (Å²) in [7, 11) is 0. The average Bonchev–Trinajstić information content (AvgIpc) is 3.41. The van der Waals surface area contributed by atoms with E-state index in [0.717, 1.165) is 41.4 Å². The highest BCUT2D eigenvalue weighted by Gasteiger charge is 2.41. The number of nitrogens with one attached hydrogen (secondary N) is 1. The van der Waals surface area contributed by atoms with Crippen LogP contribution >= 0.6 is 11.8 Å². The fourth-order valence-electron chi connectivity index (χ4n) is 4.26. The van der Waals surface area contributed by atoms with E-state index in [4.69, 9.17) is 9.47 Å². The number of carbonyl (C=O) groups is 2. The molecular formula is C24H29N3O4S. The normalized spacial score (nSPS) is 22.4. The number of thioether (sulfide) groups is 1. The van der Waals surface area contributed by atoms with Gasteiger partial charge >= 0.3 is 5.97 Å². The van der Waals surface area contributed by atoms with Crippen LogP contribution in [0.15, 0.2) is 51.6 Å². The molecule has 4 rings (SSSR count). The molecule has 7 nitrogen and oxygen atoms in total. The number of ether oxygens (including phenoxy) is 2. The topological polar surface area (TPSA) is 80.2 Å². The van der Waals surface area contributed by atoms with Crippen molar-refractivity contribution in [2.45, 2.75) is 52.2 Å². The van der Waals surface area contributed by atoms with Crippen molar-refractivity contribution in [2.75, 3.05) is 19.8 Å². The number of allylic oxidation sites excluding steroid dienone is 1. The molecule has 1 saturated heterocycles. The standard InChI is InChI=1S/C24H29N3O4S/c1-4-30-23(29)21-16(3)26-24-27(22(21)17-8-5-7-15(2)11-17)18(14-32-24)12-20(28)25-13-19-9-6-10-31-19/h5,7-8,11,14,19,22H,4,6,9-10,12-13H2,1-3H3,(H,25,28). The van der Waals surface area contributed by atoms with Gasteiger partial charge in [0, 0.05) is 18.8 Å². The van der Waals surface area contributed by atoms with E-state index < -0.39 is 6.04 Å². The lowest BCUT2D eigenvalue weighted by Crippen LogP contribution is -2.38. The number of aliphatic imine (C=N–C) groups is 1. The highest BCUT2D eigenvalue weighted by Crippen LogP contribution is 2.44. The molecular weight excluding hydrogens is 426 g/mol. The lowest BCUT2D eigenvalue weighted by atomic mass is 9.93. The predicted molar refractivity (Wildman–Crippen MR) is 125 cm³/mol. The van der Waals surface area contributed by atoms with Gasteiger partial charge in [-0.15, -0.1) is 0 Å². The van der Waals surface area contributed by atoms with Crippen LogP contribution in [0.5, 0.6) is 0 Å². The average molecular weight is 456 g/mol. The van der Waals surface area contributed by atoms with Crippen molar-refractivity contribution >= 4 is 28.8 Å². The highest BCUT2D eigenvalue weighted by molar-refractivity contribution is 8.16. The second kappa shape index (κ2) is 9.92. The smallest absolute Gasteiger partial charge is 0.338 e. The van der Waals surface area contributed by atoms with Crippen molar-refractivity contribution in [2.24, 2.45) is 4.99 Å².